The van der Waals surface area contributed by atoms with Crippen LogP contribution in [0.4, 0.5) is 15.9 Å². The normalized spacial score (nSPS) is 11.0. The zero-order chi connectivity index (χ0) is 24.8. The number of nitrogens with one attached hydrogen (secondary N) is 1. The molecular formula is C24H26ClFN4O4. The van der Waals surface area contributed by atoms with Gasteiger partial charge < -0.3 is 15.4 Å². The van der Waals surface area contributed by atoms with Gasteiger partial charge in [0, 0.05) is 6.54 Å². The van der Waals surface area contributed by atoms with Crippen LogP contribution in [0, 0.1) is 11.7 Å². The lowest BCUT2D eigenvalue weighted by atomic mass is 10.1. The lowest BCUT2D eigenvalue weighted by Gasteiger charge is -2.25. The van der Waals surface area contributed by atoms with Crippen LogP contribution in [0.25, 0.3) is 0 Å². The molecule has 0 saturated carbocycles. The van der Waals surface area contributed by atoms with E-state index >= 15 is 0 Å². The number of carbonyl (C=O) groups is 1. The van der Waals surface area contributed by atoms with Crippen LogP contribution in [0.1, 0.15) is 25.8 Å². The fourth-order valence-corrected chi connectivity index (χ4v) is 3.54. The minimum absolute atomic E-state index is 0.00954. The number of H-pyrrole nitrogens is 1. The minimum atomic E-state index is -0.774. The Labute approximate surface area is 200 Å². The van der Waals surface area contributed by atoms with E-state index in [9.17, 15) is 18.8 Å². The van der Waals surface area contributed by atoms with Crippen LogP contribution in [-0.4, -0.2) is 28.6 Å². The molecule has 3 N–H and O–H groups in total. The number of benzene rings is 2. The first-order valence-electron chi connectivity index (χ1n) is 10.7. The Kier molecular flexibility index (Phi) is 8.12. The van der Waals surface area contributed by atoms with Crippen molar-refractivity contribution in [2.24, 2.45) is 5.92 Å². The molecule has 3 rings (SSSR count). The van der Waals surface area contributed by atoms with E-state index in [0.717, 1.165) is 17.7 Å². The summed E-state index contributed by atoms with van der Waals surface area (Å²) < 4.78 is 20.0. The number of nitrogens with zero attached hydrogens (tertiary/aromatic N) is 2. The van der Waals surface area contributed by atoms with Crippen molar-refractivity contribution >= 4 is 29.0 Å². The monoisotopic (exact) mass is 488 g/mol. The van der Waals surface area contributed by atoms with Gasteiger partial charge in [-0.05, 0) is 36.1 Å². The van der Waals surface area contributed by atoms with Gasteiger partial charge in [0.05, 0.1) is 11.6 Å². The molecule has 0 atom stereocenters. The third kappa shape index (κ3) is 6.05. The standard InChI is InChI=1S/C24H26ClFN4O4/c1-15(2)10-11-29(20(31)14-34-19-9-8-17(26)12-18(19)25)21-22(27)30(24(33)28-23(21)32)13-16-6-4-3-5-7-16/h3-9,12,15H,10-11,13-14,27H2,1-2H3,(H,28,32,33). The van der Waals surface area contributed by atoms with Crippen LogP contribution >= 0.6 is 11.6 Å². The molecule has 0 aliphatic heterocycles. The zero-order valence-electron chi connectivity index (χ0n) is 18.9. The van der Waals surface area contributed by atoms with E-state index in [4.69, 9.17) is 22.1 Å². The van der Waals surface area contributed by atoms with Crippen molar-refractivity contribution in [3.63, 3.8) is 0 Å². The van der Waals surface area contributed by atoms with Gasteiger partial charge in [-0.1, -0.05) is 55.8 Å². The van der Waals surface area contributed by atoms with Crippen molar-refractivity contribution in [3.8, 4) is 5.75 Å². The lowest BCUT2D eigenvalue weighted by Crippen LogP contribution is -2.43. The summed E-state index contributed by atoms with van der Waals surface area (Å²) in [5.41, 5.74) is 5.48. The number of anilines is 2. The summed E-state index contributed by atoms with van der Waals surface area (Å²) in [7, 11) is 0. The van der Waals surface area contributed by atoms with Crippen molar-refractivity contribution in [2.45, 2.75) is 26.8 Å². The van der Waals surface area contributed by atoms with E-state index in [2.05, 4.69) is 4.98 Å². The second-order valence-corrected chi connectivity index (χ2v) is 8.56. The van der Waals surface area contributed by atoms with Gasteiger partial charge in [-0.15, -0.1) is 0 Å². The second-order valence-electron chi connectivity index (χ2n) is 8.16. The Morgan fingerprint density at radius 3 is 2.56 bits per heavy atom. The predicted molar refractivity (Wildman–Crippen MR) is 130 cm³/mol. The Hall–Kier alpha value is -3.59. The predicted octanol–water partition coefficient (Wildman–Crippen LogP) is 3.42. The molecule has 0 unspecified atom stereocenters. The number of ether oxygens (including phenoxy) is 1. The van der Waals surface area contributed by atoms with Crippen molar-refractivity contribution in [1.82, 2.24) is 9.55 Å². The van der Waals surface area contributed by atoms with Crippen molar-refractivity contribution in [3.05, 3.63) is 85.8 Å². The highest BCUT2D eigenvalue weighted by Crippen LogP contribution is 2.25. The maximum absolute atomic E-state index is 13.3. The van der Waals surface area contributed by atoms with E-state index in [1.807, 2.05) is 44.2 Å². The highest BCUT2D eigenvalue weighted by Gasteiger charge is 2.25. The zero-order valence-corrected chi connectivity index (χ0v) is 19.6. The van der Waals surface area contributed by atoms with Gasteiger partial charge >= 0.3 is 5.69 Å². The third-order valence-electron chi connectivity index (χ3n) is 5.14. The van der Waals surface area contributed by atoms with E-state index in [1.165, 1.54) is 15.5 Å². The number of nitrogens with two attached hydrogens (primary N) is 1. The number of aromatic nitrogens is 2. The molecule has 0 fully saturated rings. The Bertz CT molecular complexity index is 1270. The van der Waals surface area contributed by atoms with Gasteiger partial charge in [0.1, 0.15) is 17.4 Å². The van der Waals surface area contributed by atoms with Crippen molar-refractivity contribution < 1.29 is 13.9 Å². The molecule has 0 aliphatic rings. The molecule has 0 aliphatic carbocycles. The molecule has 1 amide bonds. The number of hydrogen-bond acceptors (Lipinski definition) is 5. The molecule has 10 heteroatoms. The van der Waals surface area contributed by atoms with Crippen molar-refractivity contribution in [1.29, 1.82) is 0 Å². The fraction of sp³-hybridized carbons (Fsp3) is 0.292. The Balaban J connectivity index is 1.95. The number of amides is 1. The van der Waals surface area contributed by atoms with Crippen LogP contribution in [0.2, 0.25) is 5.02 Å². The maximum Gasteiger partial charge on any atom is 0.330 e. The SMILES string of the molecule is CC(C)CCN(C(=O)COc1ccc(F)cc1Cl)c1c(N)n(Cc2ccccc2)c(=O)[nH]c1=O. The molecule has 180 valence electrons. The summed E-state index contributed by atoms with van der Waals surface area (Å²) in [6.07, 6.45) is 0.569. The Morgan fingerprint density at radius 1 is 1.21 bits per heavy atom. The van der Waals surface area contributed by atoms with E-state index in [1.54, 1.807) is 0 Å². The van der Waals surface area contributed by atoms with Gasteiger partial charge in [0.25, 0.3) is 11.5 Å². The first kappa shape index (κ1) is 25.0. The molecule has 8 nitrogen and oxygen atoms in total. The number of halogens is 2. The molecular weight excluding hydrogens is 463 g/mol. The number of hydrogen-bond donors (Lipinski definition) is 2. The molecule has 0 spiro atoms. The van der Waals surface area contributed by atoms with Gasteiger partial charge in [0.2, 0.25) is 0 Å². The molecule has 0 radical (unpaired) electrons. The minimum Gasteiger partial charge on any atom is -0.482 e. The first-order chi connectivity index (χ1) is 16.2. The summed E-state index contributed by atoms with van der Waals surface area (Å²) in [4.78, 5) is 41.9. The Morgan fingerprint density at radius 2 is 1.91 bits per heavy atom. The van der Waals surface area contributed by atoms with Crippen LogP contribution in [0.3, 0.4) is 0 Å². The molecule has 0 saturated heterocycles. The van der Waals surface area contributed by atoms with Gasteiger partial charge in [-0.25, -0.2) is 9.18 Å². The third-order valence-corrected chi connectivity index (χ3v) is 5.44. The summed E-state index contributed by atoms with van der Waals surface area (Å²) >= 11 is 5.97. The molecule has 34 heavy (non-hydrogen) atoms. The summed E-state index contributed by atoms with van der Waals surface area (Å²) in [5, 5.41) is 0.00954. The van der Waals surface area contributed by atoms with E-state index in [-0.39, 0.29) is 41.3 Å². The highest BCUT2D eigenvalue weighted by atomic mass is 35.5. The van der Waals surface area contributed by atoms with Gasteiger partial charge in [-0.3, -0.25) is 19.1 Å². The van der Waals surface area contributed by atoms with Gasteiger partial charge in [0.15, 0.2) is 12.3 Å². The summed E-state index contributed by atoms with van der Waals surface area (Å²) in [5.74, 6) is -0.894. The van der Waals surface area contributed by atoms with Crippen LogP contribution in [-0.2, 0) is 11.3 Å². The number of rotatable bonds is 9. The van der Waals surface area contributed by atoms with Crippen molar-refractivity contribution in [2.75, 3.05) is 23.8 Å². The molecule has 1 aromatic heterocycles. The molecule has 2 aromatic carbocycles. The second kappa shape index (κ2) is 11.0. The maximum atomic E-state index is 13.3. The average Bonchev–Trinajstić information content (AvgIpc) is 2.78. The number of nitrogen functional groups attached to an aromatic ring is 1. The topological polar surface area (TPSA) is 110 Å². The first-order valence-corrected chi connectivity index (χ1v) is 11.1. The van der Waals surface area contributed by atoms with Crippen LogP contribution in [0.15, 0.2) is 58.1 Å². The fourth-order valence-electron chi connectivity index (χ4n) is 3.32. The summed E-state index contributed by atoms with van der Waals surface area (Å²) in [6, 6.07) is 12.7. The lowest BCUT2D eigenvalue weighted by molar-refractivity contribution is -0.120. The van der Waals surface area contributed by atoms with E-state index < -0.39 is 29.6 Å². The molecule has 0 bridgehead atoms. The number of carbonyl (C=O) groups excluding carboxylic acids is 1. The molecule has 3 aromatic rings. The van der Waals surface area contributed by atoms with E-state index in [0.29, 0.717) is 6.42 Å². The highest BCUT2D eigenvalue weighted by molar-refractivity contribution is 6.32. The van der Waals surface area contributed by atoms with Crippen LogP contribution < -0.4 is 26.6 Å². The number of aromatic amines is 1. The average molecular weight is 489 g/mol. The van der Waals surface area contributed by atoms with Gasteiger partial charge in [-0.2, -0.15) is 0 Å². The summed E-state index contributed by atoms with van der Waals surface area (Å²) in [6.45, 7) is 3.76. The quantitative estimate of drug-likeness (QED) is 0.479. The van der Waals surface area contributed by atoms with Crippen LogP contribution in [0.5, 0.6) is 5.75 Å². The smallest absolute Gasteiger partial charge is 0.330 e. The molecule has 1 heterocycles. The largest absolute Gasteiger partial charge is 0.482 e.